The number of methoxy groups -OCH3 is 1. The first-order chi connectivity index (χ1) is 5.74. The van der Waals surface area contributed by atoms with Crippen molar-refractivity contribution in [3.63, 3.8) is 0 Å². The molecular formula is C9H16O3. The standard InChI is InChI=1S/C9H16O3/c1-12-9(11)7-3-2-4-8(10)6-5-7/h7-8,10H,2-6H2,1H3. The number of hydrogen-bond donors (Lipinski definition) is 1. The molecule has 0 heterocycles. The molecule has 2 atom stereocenters. The summed E-state index contributed by atoms with van der Waals surface area (Å²) in [5.74, 6) is -0.101. The number of ether oxygens (including phenoxy) is 1. The average Bonchev–Trinajstić information content (AvgIpc) is 2.29. The molecule has 2 unspecified atom stereocenters. The van der Waals surface area contributed by atoms with Gasteiger partial charge in [-0.25, -0.2) is 0 Å². The second kappa shape index (κ2) is 4.45. The zero-order valence-corrected chi connectivity index (χ0v) is 7.45. The predicted octanol–water partition coefficient (Wildman–Crippen LogP) is 1.10. The Kier molecular flexibility index (Phi) is 3.53. The molecule has 0 saturated heterocycles. The zero-order valence-electron chi connectivity index (χ0n) is 7.45. The quantitative estimate of drug-likeness (QED) is 0.476. The minimum atomic E-state index is -0.209. The average molecular weight is 172 g/mol. The number of carbonyl (C=O) groups excluding carboxylic acids is 1. The number of rotatable bonds is 1. The minimum absolute atomic E-state index is 0.0205. The summed E-state index contributed by atoms with van der Waals surface area (Å²) in [6.45, 7) is 0. The van der Waals surface area contributed by atoms with Crippen molar-refractivity contribution in [2.45, 2.75) is 38.2 Å². The van der Waals surface area contributed by atoms with Gasteiger partial charge in [0.15, 0.2) is 0 Å². The van der Waals surface area contributed by atoms with Crippen LogP contribution in [0.15, 0.2) is 0 Å². The fourth-order valence-electron chi connectivity index (χ4n) is 1.68. The molecule has 1 saturated carbocycles. The molecule has 0 spiro atoms. The summed E-state index contributed by atoms with van der Waals surface area (Å²) in [5, 5.41) is 9.31. The van der Waals surface area contributed by atoms with Gasteiger partial charge in [-0.2, -0.15) is 0 Å². The molecule has 3 heteroatoms. The van der Waals surface area contributed by atoms with Gasteiger partial charge in [0, 0.05) is 0 Å². The maximum absolute atomic E-state index is 11.1. The van der Waals surface area contributed by atoms with Crippen LogP contribution in [0.2, 0.25) is 0 Å². The van der Waals surface area contributed by atoms with Crippen molar-refractivity contribution in [1.29, 1.82) is 0 Å². The molecule has 0 aromatic rings. The number of hydrogen-bond acceptors (Lipinski definition) is 3. The van der Waals surface area contributed by atoms with Crippen LogP contribution >= 0.6 is 0 Å². The van der Waals surface area contributed by atoms with Gasteiger partial charge in [-0.1, -0.05) is 6.42 Å². The number of carbonyl (C=O) groups is 1. The Bertz CT molecular complexity index is 156. The summed E-state index contributed by atoms with van der Waals surface area (Å²) >= 11 is 0. The van der Waals surface area contributed by atoms with Crippen molar-refractivity contribution >= 4 is 5.97 Å². The van der Waals surface area contributed by atoms with Gasteiger partial charge in [0.1, 0.15) is 0 Å². The van der Waals surface area contributed by atoms with Crippen LogP contribution in [0.5, 0.6) is 0 Å². The SMILES string of the molecule is COC(=O)C1CCCC(O)CC1. The van der Waals surface area contributed by atoms with E-state index in [0.717, 1.165) is 32.1 Å². The Labute approximate surface area is 72.7 Å². The van der Waals surface area contributed by atoms with Crippen molar-refractivity contribution in [2.75, 3.05) is 7.11 Å². The fourth-order valence-corrected chi connectivity index (χ4v) is 1.68. The molecule has 1 aliphatic carbocycles. The van der Waals surface area contributed by atoms with Crippen LogP contribution in [0.1, 0.15) is 32.1 Å². The lowest BCUT2D eigenvalue weighted by atomic mass is 10.0. The van der Waals surface area contributed by atoms with Gasteiger partial charge >= 0.3 is 5.97 Å². The maximum Gasteiger partial charge on any atom is 0.308 e. The molecule has 1 fully saturated rings. The third-order valence-corrected chi connectivity index (χ3v) is 2.47. The van der Waals surface area contributed by atoms with E-state index in [9.17, 15) is 9.90 Å². The molecular weight excluding hydrogens is 156 g/mol. The van der Waals surface area contributed by atoms with Crippen LogP contribution in [0.3, 0.4) is 0 Å². The Morgan fingerprint density at radius 2 is 2.08 bits per heavy atom. The van der Waals surface area contributed by atoms with Crippen LogP contribution in [0.25, 0.3) is 0 Å². The molecule has 1 rings (SSSR count). The van der Waals surface area contributed by atoms with Crippen LogP contribution in [0, 0.1) is 5.92 Å². The van der Waals surface area contributed by atoms with E-state index in [1.807, 2.05) is 0 Å². The van der Waals surface area contributed by atoms with E-state index in [-0.39, 0.29) is 18.0 Å². The fraction of sp³-hybridized carbons (Fsp3) is 0.889. The van der Waals surface area contributed by atoms with E-state index < -0.39 is 0 Å². The summed E-state index contributed by atoms with van der Waals surface area (Å²) in [4.78, 5) is 11.1. The Morgan fingerprint density at radius 3 is 2.75 bits per heavy atom. The summed E-state index contributed by atoms with van der Waals surface area (Å²) in [5.41, 5.74) is 0. The first-order valence-corrected chi connectivity index (χ1v) is 4.50. The molecule has 0 aliphatic heterocycles. The van der Waals surface area contributed by atoms with Gasteiger partial charge in [-0.15, -0.1) is 0 Å². The molecule has 0 amide bonds. The van der Waals surface area contributed by atoms with E-state index in [1.165, 1.54) is 7.11 Å². The lowest BCUT2D eigenvalue weighted by Gasteiger charge is -2.10. The molecule has 0 aromatic heterocycles. The number of aliphatic hydroxyl groups excluding tert-OH is 1. The molecule has 1 aliphatic rings. The summed E-state index contributed by atoms with van der Waals surface area (Å²) < 4.78 is 4.66. The molecule has 0 radical (unpaired) electrons. The first kappa shape index (κ1) is 9.52. The van der Waals surface area contributed by atoms with Crippen molar-refractivity contribution in [3.05, 3.63) is 0 Å². The predicted molar refractivity (Wildman–Crippen MR) is 44.6 cm³/mol. The lowest BCUT2D eigenvalue weighted by molar-refractivity contribution is -0.145. The van der Waals surface area contributed by atoms with Crippen LogP contribution < -0.4 is 0 Å². The van der Waals surface area contributed by atoms with Gasteiger partial charge in [-0.05, 0) is 25.7 Å². The van der Waals surface area contributed by atoms with Crippen molar-refractivity contribution in [3.8, 4) is 0 Å². The van der Waals surface area contributed by atoms with E-state index in [0.29, 0.717) is 0 Å². The zero-order chi connectivity index (χ0) is 8.97. The molecule has 0 bridgehead atoms. The summed E-state index contributed by atoms with van der Waals surface area (Å²) in [6.07, 6.45) is 3.92. The van der Waals surface area contributed by atoms with Gasteiger partial charge in [-0.3, -0.25) is 4.79 Å². The highest BCUT2D eigenvalue weighted by molar-refractivity contribution is 5.72. The maximum atomic E-state index is 11.1. The molecule has 1 N–H and O–H groups in total. The van der Waals surface area contributed by atoms with Crippen molar-refractivity contribution in [2.24, 2.45) is 5.92 Å². The smallest absolute Gasteiger partial charge is 0.308 e. The van der Waals surface area contributed by atoms with Gasteiger partial charge in [0.2, 0.25) is 0 Å². The minimum Gasteiger partial charge on any atom is -0.469 e. The first-order valence-electron chi connectivity index (χ1n) is 4.50. The second-order valence-electron chi connectivity index (χ2n) is 3.38. The molecule has 70 valence electrons. The summed E-state index contributed by atoms with van der Waals surface area (Å²) in [6, 6.07) is 0. The Morgan fingerprint density at radius 1 is 1.33 bits per heavy atom. The third-order valence-electron chi connectivity index (χ3n) is 2.47. The Hall–Kier alpha value is -0.570. The van der Waals surface area contributed by atoms with Crippen LogP contribution in [0.4, 0.5) is 0 Å². The van der Waals surface area contributed by atoms with Gasteiger partial charge in [0.05, 0.1) is 19.1 Å². The van der Waals surface area contributed by atoms with E-state index in [2.05, 4.69) is 4.74 Å². The highest BCUT2D eigenvalue weighted by Crippen LogP contribution is 2.23. The van der Waals surface area contributed by atoms with E-state index in [4.69, 9.17) is 0 Å². The normalized spacial score (nSPS) is 30.8. The lowest BCUT2D eigenvalue weighted by Crippen LogP contribution is -2.15. The molecule has 3 nitrogen and oxygen atoms in total. The van der Waals surface area contributed by atoms with Gasteiger partial charge in [0.25, 0.3) is 0 Å². The molecule has 0 aromatic carbocycles. The van der Waals surface area contributed by atoms with E-state index >= 15 is 0 Å². The highest BCUT2D eigenvalue weighted by atomic mass is 16.5. The number of aliphatic hydroxyl groups is 1. The summed E-state index contributed by atoms with van der Waals surface area (Å²) in [7, 11) is 1.42. The Balaban J connectivity index is 2.40. The van der Waals surface area contributed by atoms with Gasteiger partial charge < -0.3 is 9.84 Å². The van der Waals surface area contributed by atoms with Crippen molar-refractivity contribution < 1.29 is 14.6 Å². The van der Waals surface area contributed by atoms with Crippen molar-refractivity contribution in [1.82, 2.24) is 0 Å². The van der Waals surface area contributed by atoms with Crippen LogP contribution in [-0.2, 0) is 9.53 Å². The van der Waals surface area contributed by atoms with Crippen LogP contribution in [-0.4, -0.2) is 24.3 Å². The van der Waals surface area contributed by atoms with E-state index in [1.54, 1.807) is 0 Å². The molecule has 12 heavy (non-hydrogen) atoms. The topological polar surface area (TPSA) is 46.5 Å². The number of esters is 1. The highest BCUT2D eigenvalue weighted by Gasteiger charge is 2.23. The largest absolute Gasteiger partial charge is 0.469 e. The third kappa shape index (κ3) is 2.48. The monoisotopic (exact) mass is 172 g/mol. The second-order valence-corrected chi connectivity index (χ2v) is 3.38.